The first-order chi connectivity index (χ1) is 10.2. The second-order valence-corrected chi connectivity index (χ2v) is 5.69. The minimum atomic E-state index is 0.432. The van der Waals surface area contributed by atoms with Crippen molar-refractivity contribution in [3.63, 3.8) is 0 Å². The summed E-state index contributed by atoms with van der Waals surface area (Å²) in [6.07, 6.45) is 1.97. The third-order valence-corrected chi connectivity index (χ3v) is 4.17. The topological polar surface area (TPSA) is 35.2 Å². The third-order valence-electron chi connectivity index (χ3n) is 4.17. The Kier molecular flexibility index (Phi) is 5.40. The second kappa shape index (κ2) is 7.28. The van der Waals surface area contributed by atoms with Crippen LogP contribution in [0.2, 0.25) is 0 Å². The molecule has 0 saturated heterocycles. The number of hydrogen-bond donors (Lipinski definition) is 1. The lowest BCUT2D eigenvalue weighted by molar-refractivity contribution is 0.404. The van der Waals surface area contributed by atoms with Gasteiger partial charge in [0.1, 0.15) is 5.75 Å². The number of benzene rings is 2. The number of rotatable bonds is 6. The van der Waals surface area contributed by atoms with Gasteiger partial charge in [-0.2, -0.15) is 0 Å². The first kappa shape index (κ1) is 15.6. The van der Waals surface area contributed by atoms with Crippen LogP contribution in [0.25, 0.3) is 0 Å². The first-order valence-electron chi connectivity index (χ1n) is 7.52. The van der Waals surface area contributed by atoms with Gasteiger partial charge in [0.05, 0.1) is 7.11 Å². The zero-order valence-electron chi connectivity index (χ0n) is 13.2. The van der Waals surface area contributed by atoms with Crippen molar-refractivity contribution in [1.29, 1.82) is 0 Å². The van der Waals surface area contributed by atoms with Gasteiger partial charge in [0, 0.05) is 0 Å². The highest BCUT2D eigenvalue weighted by Crippen LogP contribution is 2.24. The van der Waals surface area contributed by atoms with Crippen molar-refractivity contribution in [2.24, 2.45) is 11.7 Å². The Balaban J connectivity index is 2.17. The molecule has 21 heavy (non-hydrogen) atoms. The molecule has 0 spiro atoms. The average molecular weight is 283 g/mol. The van der Waals surface area contributed by atoms with Crippen LogP contribution in [0.5, 0.6) is 5.75 Å². The van der Waals surface area contributed by atoms with Crippen LogP contribution >= 0.6 is 0 Å². The molecular formula is C19H25NO. The van der Waals surface area contributed by atoms with Crippen LogP contribution < -0.4 is 10.5 Å². The van der Waals surface area contributed by atoms with Crippen LogP contribution in [0.3, 0.4) is 0 Å². The van der Waals surface area contributed by atoms with Gasteiger partial charge in [0.2, 0.25) is 0 Å². The summed E-state index contributed by atoms with van der Waals surface area (Å²) < 4.78 is 5.45. The number of para-hydroxylation sites is 1. The quantitative estimate of drug-likeness (QED) is 0.878. The van der Waals surface area contributed by atoms with Crippen molar-refractivity contribution in [1.82, 2.24) is 0 Å². The molecule has 0 aliphatic rings. The largest absolute Gasteiger partial charge is 0.496 e. The molecule has 0 saturated carbocycles. The van der Waals surface area contributed by atoms with Crippen LogP contribution in [0.15, 0.2) is 42.5 Å². The maximum absolute atomic E-state index is 6.02. The maximum atomic E-state index is 6.02. The van der Waals surface area contributed by atoms with E-state index in [0.29, 0.717) is 12.5 Å². The predicted octanol–water partition coefficient (Wildman–Crippen LogP) is 3.67. The summed E-state index contributed by atoms with van der Waals surface area (Å²) in [6, 6.07) is 14.7. The van der Waals surface area contributed by atoms with Gasteiger partial charge in [-0.15, -0.1) is 0 Å². The lowest BCUT2D eigenvalue weighted by Crippen LogP contribution is -2.20. The summed E-state index contributed by atoms with van der Waals surface area (Å²) in [5.74, 6) is 1.39. The third kappa shape index (κ3) is 3.85. The van der Waals surface area contributed by atoms with E-state index in [1.807, 2.05) is 12.1 Å². The van der Waals surface area contributed by atoms with Gasteiger partial charge in [-0.25, -0.2) is 0 Å². The predicted molar refractivity (Wildman–Crippen MR) is 88.9 cm³/mol. The van der Waals surface area contributed by atoms with E-state index < -0.39 is 0 Å². The van der Waals surface area contributed by atoms with Crippen molar-refractivity contribution in [3.8, 4) is 5.75 Å². The molecule has 0 bridgehead atoms. The Morgan fingerprint density at radius 3 is 2.24 bits per heavy atom. The molecule has 2 heteroatoms. The Bertz CT molecular complexity index is 572. The number of aryl methyl sites for hydroxylation is 2. The fourth-order valence-electron chi connectivity index (χ4n) is 2.88. The molecule has 0 aliphatic carbocycles. The van der Waals surface area contributed by atoms with Gasteiger partial charge in [0.15, 0.2) is 0 Å². The minimum absolute atomic E-state index is 0.432. The van der Waals surface area contributed by atoms with Gasteiger partial charge >= 0.3 is 0 Å². The zero-order valence-corrected chi connectivity index (χ0v) is 13.2. The molecule has 0 aromatic heterocycles. The van der Waals surface area contributed by atoms with E-state index in [4.69, 9.17) is 10.5 Å². The Labute approximate surface area is 127 Å². The van der Waals surface area contributed by atoms with Crippen LogP contribution in [0.1, 0.15) is 22.3 Å². The van der Waals surface area contributed by atoms with Gasteiger partial charge in [-0.3, -0.25) is 0 Å². The Morgan fingerprint density at radius 2 is 1.62 bits per heavy atom. The smallest absolute Gasteiger partial charge is 0.122 e. The molecule has 2 nitrogen and oxygen atoms in total. The molecule has 0 amide bonds. The molecule has 112 valence electrons. The molecule has 2 aromatic carbocycles. The molecule has 0 radical (unpaired) electrons. The summed E-state index contributed by atoms with van der Waals surface area (Å²) in [4.78, 5) is 0. The number of methoxy groups -OCH3 is 1. The molecule has 2 rings (SSSR count). The summed E-state index contributed by atoms with van der Waals surface area (Å²) in [5.41, 5.74) is 11.4. The van der Waals surface area contributed by atoms with Gasteiger partial charge in [-0.1, -0.05) is 36.4 Å². The van der Waals surface area contributed by atoms with E-state index in [1.54, 1.807) is 7.11 Å². The normalized spacial score (nSPS) is 12.2. The summed E-state index contributed by atoms with van der Waals surface area (Å²) >= 11 is 0. The van der Waals surface area contributed by atoms with Crippen LogP contribution in [-0.2, 0) is 12.8 Å². The van der Waals surface area contributed by atoms with E-state index in [2.05, 4.69) is 44.2 Å². The fourth-order valence-corrected chi connectivity index (χ4v) is 2.88. The number of ether oxygens (including phenoxy) is 1. The van der Waals surface area contributed by atoms with E-state index in [1.165, 1.54) is 22.3 Å². The van der Waals surface area contributed by atoms with E-state index >= 15 is 0 Å². The zero-order chi connectivity index (χ0) is 15.2. The van der Waals surface area contributed by atoms with Gasteiger partial charge in [0.25, 0.3) is 0 Å². The van der Waals surface area contributed by atoms with Crippen LogP contribution in [0.4, 0.5) is 0 Å². The highest BCUT2D eigenvalue weighted by molar-refractivity contribution is 5.36. The van der Waals surface area contributed by atoms with Crippen molar-refractivity contribution in [3.05, 3.63) is 64.7 Å². The van der Waals surface area contributed by atoms with E-state index in [9.17, 15) is 0 Å². The molecule has 2 N–H and O–H groups in total. The van der Waals surface area contributed by atoms with E-state index in [0.717, 1.165) is 18.6 Å². The van der Waals surface area contributed by atoms with Gasteiger partial charge < -0.3 is 10.5 Å². The fraction of sp³-hybridized carbons (Fsp3) is 0.368. The van der Waals surface area contributed by atoms with Gasteiger partial charge in [-0.05, 0) is 67.5 Å². The number of nitrogens with two attached hydrogens (primary N) is 1. The van der Waals surface area contributed by atoms with Crippen molar-refractivity contribution in [2.75, 3.05) is 13.7 Å². The maximum Gasteiger partial charge on any atom is 0.122 e. The number of hydrogen-bond acceptors (Lipinski definition) is 2. The Morgan fingerprint density at radius 1 is 0.952 bits per heavy atom. The summed E-state index contributed by atoms with van der Waals surface area (Å²) in [7, 11) is 1.72. The highest BCUT2D eigenvalue weighted by atomic mass is 16.5. The Hall–Kier alpha value is -1.80. The lowest BCUT2D eigenvalue weighted by atomic mass is 9.88. The first-order valence-corrected chi connectivity index (χ1v) is 7.52. The van der Waals surface area contributed by atoms with Crippen molar-refractivity contribution >= 4 is 0 Å². The van der Waals surface area contributed by atoms with Crippen molar-refractivity contribution < 1.29 is 4.74 Å². The molecule has 1 atom stereocenters. The minimum Gasteiger partial charge on any atom is -0.496 e. The average Bonchev–Trinajstić information content (AvgIpc) is 2.50. The molecule has 0 aliphatic heterocycles. The lowest BCUT2D eigenvalue weighted by Gasteiger charge is -2.19. The molecule has 0 heterocycles. The SMILES string of the molecule is COc1ccccc1CC(CN)Cc1c(C)cccc1C. The second-order valence-electron chi connectivity index (χ2n) is 5.69. The summed E-state index contributed by atoms with van der Waals surface area (Å²) in [6.45, 7) is 5.05. The standard InChI is InChI=1S/C19H25NO/c1-14-7-6-8-15(2)18(14)12-16(13-20)11-17-9-4-5-10-19(17)21-3/h4-10,16H,11-13,20H2,1-3H3. The molecule has 0 fully saturated rings. The molecular weight excluding hydrogens is 258 g/mol. The van der Waals surface area contributed by atoms with Crippen LogP contribution in [-0.4, -0.2) is 13.7 Å². The van der Waals surface area contributed by atoms with E-state index in [-0.39, 0.29) is 0 Å². The molecule has 1 unspecified atom stereocenters. The van der Waals surface area contributed by atoms with Crippen molar-refractivity contribution in [2.45, 2.75) is 26.7 Å². The molecule has 2 aromatic rings. The summed E-state index contributed by atoms with van der Waals surface area (Å²) in [5, 5.41) is 0. The highest BCUT2D eigenvalue weighted by Gasteiger charge is 2.14. The van der Waals surface area contributed by atoms with Crippen LogP contribution in [0, 0.1) is 19.8 Å². The monoisotopic (exact) mass is 283 g/mol.